The number of benzene rings is 1. The van der Waals surface area contributed by atoms with Crippen molar-refractivity contribution in [3.05, 3.63) is 46.1 Å². The highest BCUT2D eigenvalue weighted by Crippen LogP contribution is 2.40. The number of ether oxygens (including phenoxy) is 1. The topological polar surface area (TPSA) is 72.3 Å². The molecule has 3 aromatic rings. The van der Waals surface area contributed by atoms with Crippen molar-refractivity contribution in [2.45, 2.75) is 44.6 Å². The molecule has 1 atom stereocenters. The summed E-state index contributed by atoms with van der Waals surface area (Å²) in [6.07, 6.45) is 4.42. The first-order valence-corrected chi connectivity index (χ1v) is 11.7. The molecule has 0 bridgehead atoms. The van der Waals surface area contributed by atoms with Crippen LogP contribution in [-0.2, 0) is 12.8 Å². The number of hydrogen-bond donors (Lipinski definition) is 1. The van der Waals surface area contributed by atoms with Gasteiger partial charge in [-0.15, -0.1) is 23.1 Å². The second-order valence-corrected chi connectivity index (χ2v) is 9.66. The van der Waals surface area contributed by atoms with Gasteiger partial charge in [0.15, 0.2) is 0 Å². The normalized spacial score (nSPS) is 16.0. The van der Waals surface area contributed by atoms with E-state index in [4.69, 9.17) is 19.8 Å². The molecule has 2 aromatic heterocycles. The summed E-state index contributed by atoms with van der Waals surface area (Å²) in [5.41, 5.74) is 1.74. The summed E-state index contributed by atoms with van der Waals surface area (Å²) in [5.74, 6) is 2.27. The van der Waals surface area contributed by atoms with E-state index in [1.54, 1.807) is 36.0 Å². The Morgan fingerprint density at radius 3 is 2.86 bits per heavy atom. The molecule has 1 N–H and O–H groups in total. The van der Waals surface area contributed by atoms with E-state index in [1.807, 2.05) is 18.3 Å². The van der Waals surface area contributed by atoms with Crippen LogP contribution in [0.2, 0.25) is 0 Å². The van der Waals surface area contributed by atoms with Crippen LogP contribution in [0.4, 0.5) is 0 Å². The maximum absolute atomic E-state index is 10.9. The van der Waals surface area contributed by atoms with E-state index in [0.29, 0.717) is 12.4 Å². The van der Waals surface area contributed by atoms with Gasteiger partial charge in [-0.3, -0.25) is 0 Å². The van der Waals surface area contributed by atoms with Crippen LogP contribution in [-0.4, -0.2) is 33.4 Å². The summed E-state index contributed by atoms with van der Waals surface area (Å²) in [5, 5.41) is 11.3. The summed E-state index contributed by atoms with van der Waals surface area (Å²) in [6.45, 7) is 4.88. The Morgan fingerprint density at radius 1 is 1.31 bits per heavy atom. The molecule has 0 saturated heterocycles. The number of thioether (sulfide) groups is 1. The third-order valence-corrected chi connectivity index (χ3v) is 7.34. The predicted octanol–water partition coefficient (Wildman–Crippen LogP) is 5.38. The standard InChI is InChI=1S/C22H24N2O3S2/c1-13-4-9-17-18(12-13)29-21-19(17)20(23-14(2)24-21)28-11-3-10-27-16-7-5-15(6-8-16)22(25)26/h5-8,13H,3-4,9-12H2,1-2H3,(H,25,26). The quantitative estimate of drug-likeness (QED) is 0.309. The Bertz CT molecular complexity index is 1030. The number of fused-ring (bicyclic) bond motifs is 3. The van der Waals surface area contributed by atoms with Crippen LogP contribution >= 0.6 is 23.1 Å². The number of carboxylic acid groups (broad SMARTS) is 1. The van der Waals surface area contributed by atoms with Gasteiger partial charge in [-0.25, -0.2) is 14.8 Å². The van der Waals surface area contributed by atoms with Crippen molar-refractivity contribution in [2.75, 3.05) is 12.4 Å². The molecule has 5 nitrogen and oxygen atoms in total. The minimum atomic E-state index is -0.926. The lowest BCUT2D eigenvalue weighted by Crippen LogP contribution is -2.08. The van der Waals surface area contributed by atoms with Gasteiger partial charge >= 0.3 is 5.97 Å². The van der Waals surface area contributed by atoms with Crippen LogP contribution in [0.3, 0.4) is 0 Å². The van der Waals surface area contributed by atoms with E-state index < -0.39 is 5.97 Å². The summed E-state index contributed by atoms with van der Waals surface area (Å²) in [6, 6.07) is 6.53. The number of aryl methyl sites for hydroxylation is 2. The molecule has 0 amide bonds. The second kappa shape index (κ2) is 8.71. The number of thiophene rings is 1. The van der Waals surface area contributed by atoms with Gasteiger partial charge in [-0.1, -0.05) is 6.92 Å². The Balaban J connectivity index is 1.38. The van der Waals surface area contributed by atoms with Crippen LogP contribution in [0.15, 0.2) is 29.3 Å². The van der Waals surface area contributed by atoms with E-state index in [2.05, 4.69) is 6.92 Å². The van der Waals surface area contributed by atoms with Crippen LogP contribution in [0.1, 0.15) is 46.4 Å². The molecular formula is C22H24N2O3S2. The number of aromatic carboxylic acids is 1. The molecular weight excluding hydrogens is 404 g/mol. The van der Waals surface area contributed by atoms with E-state index in [1.165, 1.54) is 22.2 Å². The van der Waals surface area contributed by atoms with E-state index >= 15 is 0 Å². The third-order valence-electron chi connectivity index (χ3n) is 5.13. The molecule has 29 heavy (non-hydrogen) atoms. The molecule has 2 heterocycles. The summed E-state index contributed by atoms with van der Waals surface area (Å²) in [4.78, 5) is 23.0. The third kappa shape index (κ3) is 4.56. The molecule has 0 spiro atoms. The van der Waals surface area contributed by atoms with Gasteiger partial charge in [0.2, 0.25) is 0 Å². The zero-order valence-corrected chi connectivity index (χ0v) is 18.2. The molecule has 1 aliphatic rings. The smallest absolute Gasteiger partial charge is 0.335 e. The van der Waals surface area contributed by atoms with Gasteiger partial charge in [0.1, 0.15) is 21.4 Å². The average molecular weight is 429 g/mol. The van der Waals surface area contributed by atoms with Crippen molar-refractivity contribution in [2.24, 2.45) is 5.92 Å². The monoisotopic (exact) mass is 428 g/mol. The minimum absolute atomic E-state index is 0.268. The van der Waals surface area contributed by atoms with Gasteiger partial charge in [-0.2, -0.15) is 0 Å². The number of rotatable bonds is 7. The highest BCUT2D eigenvalue weighted by atomic mass is 32.2. The highest BCUT2D eigenvalue weighted by molar-refractivity contribution is 7.99. The van der Waals surface area contributed by atoms with Crippen LogP contribution < -0.4 is 4.74 Å². The van der Waals surface area contributed by atoms with E-state index in [-0.39, 0.29) is 5.56 Å². The highest BCUT2D eigenvalue weighted by Gasteiger charge is 2.23. The van der Waals surface area contributed by atoms with Gasteiger partial charge in [0.05, 0.1) is 12.2 Å². The molecule has 152 valence electrons. The number of carbonyl (C=O) groups is 1. The number of carboxylic acids is 1. The molecule has 1 aliphatic carbocycles. The first kappa shape index (κ1) is 20.2. The first-order valence-electron chi connectivity index (χ1n) is 9.89. The lowest BCUT2D eigenvalue weighted by molar-refractivity contribution is 0.0697. The maximum atomic E-state index is 10.9. The van der Waals surface area contributed by atoms with Gasteiger partial charge in [0.25, 0.3) is 0 Å². The molecule has 0 fully saturated rings. The van der Waals surface area contributed by atoms with Crippen molar-refractivity contribution in [1.29, 1.82) is 0 Å². The van der Waals surface area contributed by atoms with Crippen molar-refractivity contribution < 1.29 is 14.6 Å². The van der Waals surface area contributed by atoms with Crippen molar-refractivity contribution >= 4 is 39.3 Å². The van der Waals surface area contributed by atoms with E-state index in [0.717, 1.165) is 46.6 Å². The fourth-order valence-corrected chi connectivity index (χ4v) is 6.14. The van der Waals surface area contributed by atoms with Gasteiger partial charge in [-0.05, 0) is 68.4 Å². The Labute approximate surface area is 178 Å². The zero-order valence-electron chi connectivity index (χ0n) is 16.6. The lowest BCUT2D eigenvalue weighted by Gasteiger charge is -2.18. The maximum Gasteiger partial charge on any atom is 0.335 e. The minimum Gasteiger partial charge on any atom is -0.494 e. The summed E-state index contributed by atoms with van der Waals surface area (Å²) >= 11 is 3.63. The summed E-state index contributed by atoms with van der Waals surface area (Å²) < 4.78 is 5.74. The molecule has 1 unspecified atom stereocenters. The van der Waals surface area contributed by atoms with Crippen molar-refractivity contribution in [3.8, 4) is 5.75 Å². The second-order valence-electron chi connectivity index (χ2n) is 7.49. The molecule has 0 aliphatic heterocycles. The molecule has 0 radical (unpaired) electrons. The average Bonchev–Trinajstić information content (AvgIpc) is 3.04. The Hall–Kier alpha value is -2.12. The Morgan fingerprint density at radius 2 is 2.10 bits per heavy atom. The van der Waals surface area contributed by atoms with E-state index in [9.17, 15) is 4.79 Å². The predicted molar refractivity (Wildman–Crippen MR) is 118 cm³/mol. The zero-order chi connectivity index (χ0) is 20.4. The fourth-order valence-electron chi connectivity index (χ4n) is 3.63. The van der Waals surface area contributed by atoms with Crippen LogP contribution in [0, 0.1) is 12.8 Å². The first-order chi connectivity index (χ1) is 14.0. The molecule has 4 rings (SSSR count). The number of hydrogen-bond acceptors (Lipinski definition) is 6. The number of aromatic nitrogens is 2. The number of nitrogens with zero attached hydrogens (tertiary/aromatic N) is 2. The van der Waals surface area contributed by atoms with Crippen LogP contribution in [0.5, 0.6) is 5.75 Å². The van der Waals surface area contributed by atoms with Gasteiger partial charge < -0.3 is 9.84 Å². The molecule has 7 heteroatoms. The molecule has 1 aromatic carbocycles. The Kier molecular flexibility index (Phi) is 6.06. The fraction of sp³-hybridized carbons (Fsp3) is 0.409. The molecule has 0 saturated carbocycles. The largest absolute Gasteiger partial charge is 0.494 e. The van der Waals surface area contributed by atoms with Gasteiger partial charge in [0, 0.05) is 16.0 Å². The summed E-state index contributed by atoms with van der Waals surface area (Å²) in [7, 11) is 0. The lowest BCUT2D eigenvalue weighted by atomic mass is 9.89. The SMILES string of the molecule is Cc1nc(SCCCOc2ccc(C(=O)O)cc2)c2c3c(sc2n1)CC(C)CC3. The van der Waals surface area contributed by atoms with Crippen LogP contribution in [0.25, 0.3) is 10.2 Å². The van der Waals surface area contributed by atoms with Crippen molar-refractivity contribution in [3.63, 3.8) is 0 Å². The van der Waals surface area contributed by atoms with Crippen molar-refractivity contribution in [1.82, 2.24) is 9.97 Å².